The largest absolute Gasteiger partial charge is 0.478 e. The number of aromatic nitrogens is 3. The molecule has 6 heteroatoms. The van der Waals surface area contributed by atoms with Crippen molar-refractivity contribution in [1.82, 2.24) is 14.8 Å². The van der Waals surface area contributed by atoms with Gasteiger partial charge in [-0.25, -0.2) is 9.48 Å². The van der Waals surface area contributed by atoms with Crippen LogP contribution in [0.15, 0.2) is 24.3 Å². The molecule has 1 aromatic carbocycles. The van der Waals surface area contributed by atoms with Crippen molar-refractivity contribution in [3.63, 3.8) is 0 Å². The van der Waals surface area contributed by atoms with Crippen LogP contribution >= 0.6 is 0 Å². The fraction of sp³-hybridized carbons (Fsp3) is 0.357. The Labute approximate surface area is 116 Å². The van der Waals surface area contributed by atoms with E-state index in [4.69, 9.17) is 10.8 Å². The normalized spacial score (nSPS) is 21.4. The molecule has 0 bridgehead atoms. The molecule has 104 valence electrons. The minimum Gasteiger partial charge on any atom is -0.478 e. The molecular weight excluding hydrogens is 256 g/mol. The number of hydrogen-bond acceptors (Lipinski definition) is 4. The van der Waals surface area contributed by atoms with Gasteiger partial charge < -0.3 is 10.8 Å². The summed E-state index contributed by atoms with van der Waals surface area (Å²) < 4.78 is 1.86. The summed E-state index contributed by atoms with van der Waals surface area (Å²) in [4.78, 5) is 15.1. The van der Waals surface area contributed by atoms with Crippen LogP contribution in [0.1, 0.15) is 46.9 Å². The van der Waals surface area contributed by atoms with Crippen LogP contribution in [0.3, 0.4) is 0 Å². The predicted octanol–water partition coefficient (Wildman–Crippen LogP) is 1.85. The van der Waals surface area contributed by atoms with Crippen LogP contribution in [0.4, 0.5) is 5.95 Å². The Morgan fingerprint density at radius 3 is 2.75 bits per heavy atom. The van der Waals surface area contributed by atoms with E-state index in [1.54, 1.807) is 12.1 Å². The molecule has 0 saturated carbocycles. The fourth-order valence-corrected chi connectivity index (χ4v) is 2.83. The van der Waals surface area contributed by atoms with E-state index >= 15 is 0 Å². The second kappa shape index (κ2) is 4.63. The van der Waals surface area contributed by atoms with Crippen LogP contribution < -0.4 is 5.73 Å². The Kier molecular flexibility index (Phi) is 2.93. The van der Waals surface area contributed by atoms with Crippen molar-refractivity contribution in [3.05, 3.63) is 41.2 Å². The smallest absolute Gasteiger partial charge is 0.335 e. The molecule has 3 rings (SSSR count). The van der Waals surface area contributed by atoms with Crippen molar-refractivity contribution in [2.24, 2.45) is 0 Å². The third kappa shape index (κ3) is 2.13. The number of carbonyl (C=O) groups is 1. The van der Waals surface area contributed by atoms with Crippen molar-refractivity contribution < 1.29 is 9.90 Å². The standard InChI is InChI=1S/C14H16N4O2/c1-8-6-11(7-18-12(8)16-14(15)17-18)9-2-4-10(5-3-9)13(19)20/h2-5,8,11H,6-7H2,1H3,(H2,15,17)(H,19,20). The number of aromatic carboxylic acids is 1. The second-order valence-electron chi connectivity index (χ2n) is 5.27. The van der Waals surface area contributed by atoms with Crippen LogP contribution in [0.25, 0.3) is 0 Å². The second-order valence-corrected chi connectivity index (χ2v) is 5.27. The molecule has 1 aliphatic heterocycles. The third-order valence-electron chi connectivity index (χ3n) is 3.82. The molecule has 0 saturated heterocycles. The molecule has 2 heterocycles. The lowest BCUT2D eigenvalue weighted by Gasteiger charge is -2.27. The van der Waals surface area contributed by atoms with Gasteiger partial charge in [-0.05, 0) is 24.1 Å². The molecule has 2 atom stereocenters. The number of nitrogen functional groups attached to an aromatic ring is 1. The van der Waals surface area contributed by atoms with Crippen molar-refractivity contribution in [2.75, 3.05) is 5.73 Å². The Bertz CT molecular complexity index is 648. The first-order chi connectivity index (χ1) is 9.54. The van der Waals surface area contributed by atoms with E-state index in [-0.39, 0.29) is 5.92 Å². The molecule has 0 fully saturated rings. The first kappa shape index (κ1) is 12.7. The van der Waals surface area contributed by atoms with Gasteiger partial charge in [0, 0.05) is 18.4 Å². The molecule has 0 aliphatic carbocycles. The SMILES string of the molecule is CC1CC(c2ccc(C(=O)O)cc2)Cn2nc(N)nc21. The average molecular weight is 272 g/mol. The maximum Gasteiger partial charge on any atom is 0.335 e. The van der Waals surface area contributed by atoms with Gasteiger partial charge in [-0.2, -0.15) is 4.98 Å². The number of hydrogen-bond donors (Lipinski definition) is 2. The zero-order chi connectivity index (χ0) is 14.3. The van der Waals surface area contributed by atoms with Crippen molar-refractivity contribution in [1.29, 1.82) is 0 Å². The average Bonchev–Trinajstić information content (AvgIpc) is 2.80. The summed E-state index contributed by atoms with van der Waals surface area (Å²) in [6, 6.07) is 7.05. The summed E-state index contributed by atoms with van der Waals surface area (Å²) in [5, 5.41) is 13.1. The Balaban J connectivity index is 1.87. The molecule has 1 aliphatic rings. The van der Waals surface area contributed by atoms with E-state index in [1.165, 1.54) is 0 Å². The first-order valence-corrected chi connectivity index (χ1v) is 6.58. The summed E-state index contributed by atoms with van der Waals surface area (Å²) in [7, 11) is 0. The summed E-state index contributed by atoms with van der Waals surface area (Å²) in [5.74, 6) is 0.939. The quantitative estimate of drug-likeness (QED) is 0.870. The van der Waals surface area contributed by atoms with E-state index in [0.29, 0.717) is 17.4 Å². The molecule has 3 N–H and O–H groups in total. The van der Waals surface area contributed by atoms with E-state index in [1.807, 2.05) is 16.8 Å². The van der Waals surface area contributed by atoms with Gasteiger partial charge in [-0.15, -0.1) is 5.10 Å². The van der Waals surface area contributed by atoms with E-state index in [2.05, 4.69) is 17.0 Å². The summed E-state index contributed by atoms with van der Waals surface area (Å²) in [6.07, 6.45) is 0.963. The maximum atomic E-state index is 10.9. The van der Waals surface area contributed by atoms with Crippen LogP contribution in [0.5, 0.6) is 0 Å². The van der Waals surface area contributed by atoms with Gasteiger partial charge in [-0.1, -0.05) is 19.1 Å². The predicted molar refractivity (Wildman–Crippen MR) is 73.6 cm³/mol. The number of rotatable bonds is 2. The molecule has 2 aromatic rings. The Morgan fingerprint density at radius 2 is 2.10 bits per heavy atom. The van der Waals surface area contributed by atoms with E-state index in [0.717, 1.165) is 24.4 Å². The lowest BCUT2D eigenvalue weighted by Crippen LogP contribution is -2.22. The minimum absolute atomic E-state index is 0.290. The van der Waals surface area contributed by atoms with Gasteiger partial charge in [0.2, 0.25) is 5.95 Å². The molecule has 0 radical (unpaired) electrons. The summed E-state index contributed by atoms with van der Waals surface area (Å²) >= 11 is 0. The molecular formula is C14H16N4O2. The van der Waals surface area contributed by atoms with E-state index in [9.17, 15) is 4.79 Å². The highest BCUT2D eigenvalue weighted by molar-refractivity contribution is 5.87. The highest BCUT2D eigenvalue weighted by atomic mass is 16.4. The summed E-state index contributed by atoms with van der Waals surface area (Å²) in [6.45, 7) is 2.84. The minimum atomic E-state index is -0.903. The molecule has 6 nitrogen and oxygen atoms in total. The number of benzene rings is 1. The summed E-state index contributed by atoms with van der Waals surface area (Å²) in [5.41, 5.74) is 7.08. The van der Waals surface area contributed by atoms with Gasteiger partial charge in [0.1, 0.15) is 5.82 Å². The number of nitrogens with zero attached hydrogens (tertiary/aromatic N) is 3. The van der Waals surface area contributed by atoms with Crippen molar-refractivity contribution in [3.8, 4) is 0 Å². The number of nitrogens with two attached hydrogens (primary N) is 1. The molecule has 1 aromatic heterocycles. The van der Waals surface area contributed by atoms with Gasteiger partial charge in [0.25, 0.3) is 0 Å². The van der Waals surface area contributed by atoms with Gasteiger partial charge in [-0.3, -0.25) is 0 Å². The lowest BCUT2D eigenvalue weighted by molar-refractivity contribution is 0.0697. The Morgan fingerprint density at radius 1 is 1.40 bits per heavy atom. The van der Waals surface area contributed by atoms with Gasteiger partial charge in [0.15, 0.2) is 0 Å². The van der Waals surface area contributed by atoms with Crippen LogP contribution in [0, 0.1) is 0 Å². The zero-order valence-corrected chi connectivity index (χ0v) is 11.2. The van der Waals surface area contributed by atoms with Crippen molar-refractivity contribution in [2.45, 2.75) is 31.7 Å². The van der Waals surface area contributed by atoms with E-state index < -0.39 is 5.97 Å². The number of fused-ring (bicyclic) bond motifs is 1. The highest BCUT2D eigenvalue weighted by Crippen LogP contribution is 2.35. The molecule has 2 unspecified atom stereocenters. The van der Waals surface area contributed by atoms with Gasteiger partial charge >= 0.3 is 5.97 Å². The molecule has 0 spiro atoms. The molecule has 0 amide bonds. The Hall–Kier alpha value is -2.37. The van der Waals surface area contributed by atoms with Crippen LogP contribution in [0.2, 0.25) is 0 Å². The van der Waals surface area contributed by atoms with Crippen molar-refractivity contribution >= 4 is 11.9 Å². The topological polar surface area (TPSA) is 94.0 Å². The van der Waals surface area contributed by atoms with Crippen LogP contribution in [-0.4, -0.2) is 25.8 Å². The first-order valence-electron chi connectivity index (χ1n) is 6.58. The van der Waals surface area contributed by atoms with Gasteiger partial charge in [0.05, 0.1) is 5.56 Å². The number of carboxylic acids is 1. The third-order valence-corrected chi connectivity index (χ3v) is 3.82. The highest BCUT2D eigenvalue weighted by Gasteiger charge is 2.28. The zero-order valence-electron chi connectivity index (χ0n) is 11.2. The lowest BCUT2D eigenvalue weighted by atomic mass is 9.86. The maximum absolute atomic E-state index is 10.9. The van der Waals surface area contributed by atoms with Crippen LogP contribution in [-0.2, 0) is 6.54 Å². The number of anilines is 1. The number of carboxylic acid groups (broad SMARTS) is 1. The molecule has 20 heavy (non-hydrogen) atoms. The fourth-order valence-electron chi connectivity index (χ4n) is 2.83. The monoisotopic (exact) mass is 272 g/mol.